The molecular weight excluding hydrogens is 460 g/mol. The first-order chi connectivity index (χ1) is 17.1. The van der Waals surface area contributed by atoms with E-state index in [0.717, 1.165) is 52.6 Å². The topological polar surface area (TPSA) is 116 Å². The summed E-state index contributed by atoms with van der Waals surface area (Å²) in [5.74, 6) is 1.66. The average Bonchev–Trinajstić information content (AvgIpc) is 3.30. The summed E-state index contributed by atoms with van der Waals surface area (Å²) in [4.78, 5) is 4.74. The minimum absolute atomic E-state index is 0.0793. The third kappa shape index (κ3) is 6.51. The first-order valence-electron chi connectivity index (χ1n) is 11.4. The van der Waals surface area contributed by atoms with Crippen LogP contribution in [0.1, 0.15) is 24.8 Å². The minimum atomic E-state index is 0.0793. The number of rotatable bonds is 11. The zero-order chi connectivity index (χ0) is 24.5. The molecule has 180 valence electrons. The predicted octanol–water partition coefficient (Wildman–Crippen LogP) is 5.78. The molecule has 0 radical (unpaired) electrons. The number of hydrogen-bond donors (Lipinski definition) is 3. The van der Waals surface area contributed by atoms with Gasteiger partial charge in [-0.3, -0.25) is 0 Å². The van der Waals surface area contributed by atoms with Crippen LogP contribution < -0.4 is 20.9 Å². The highest BCUT2D eigenvalue weighted by Crippen LogP contribution is 2.36. The second kappa shape index (κ2) is 11.9. The summed E-state index contributed by atoms with van der Waals surface area (Å²) in [5, 5.41) is 13.3. The maximum atomic E-state index is 8.70. The van der Waals surface area contributed by atoms with Crippen molar-refractivity contribution in [2.24, 2.45) is 10.9 Å². The van der Waals surface area contributed by atoms with Crippen molar-refractivity contribution in [3.63, 3.8) is 0 Å². The van der Waals surface area contributed by atoms with Crippen LogP contribution in [0.4, 0.5) is 5.00 Å². The molecule has 4 rings (SSSR count). The summed E-state index contributed by atoms with van der Waals surface area (Å²) >= 11 is 1.50. The molecule has 4 aromatic rings. The smallest absolute Gasteiger partial charge is 0.170 e. The van der Waals surface area contributed by atoms with Crippen molar-refractivity contribution in [1.82, 2.24) is 4.98 Å². The molecule has 35 heavy (non-hydrogen) atoms. The van der Waals surface area contributed by atoms with E-state index >= 15 is 0 Å². The molecule has 0 saturated heterocycles. The van der Waals surface area contributed by atoms with Crippen LogP contribution >= 0.6 is 11.3 Å². The first kappa shape index (κ1) is 24.1. The number of ether oxygens (including phenoxy) is 2. The predicted molar refractivity (Wildman–Crippen MR) is 141 cm³/mol. The normalized spacial score (nSPS) is 11.4. The van der Waals surface area contributed by atoms with E-state index in [-0.39, 0.29) is 5.84 Å². The van der Waals surface area contributed by atoms with E-state index in [2.05, 4.69) is 5.16 Å². The Labute approximate surface area is 208 Å². The molecule has 0 fully saturated rings. The van der Waals surface area contributed by atoms with Crippen LogP contribution in [0, 0.1) is 0 Å². The van der Waals surface area contributed by atoms with Gasteiger partial charge in [-0.15, -0.1) is 0 Å². The van der Waals surface area contributed by atoms with Gasteiger partial charge >= 0.3 is 0 Å². The summed E-state index contributed by atoms with van der Waals surface area (Å²) in [6, 6.07) is 25.1. The van der Waals surface area contributed by atoms with Gasteiger partial charge < -0.3 is 26.1 Å². The second-order valence-electron chi connectivity index (χ2n) is 7.89. The SMILES string of the molecule is N/C(=N/O)c1ccc(OCCCCCOc2ccc(-c3nc(-c4ccccc4)sc3N)cc2)cc1. The van der Waals surface area contributed by atoms with Crippen LogP contribution in [-0.4, -0.2) is 29.2 Å². The standard InChI is InChI=1S/C27H28N4O3S/c28-25(31-32)20-11-15-23(16-12-20)34-18-6-2-5-17-33-22-13-9-19(10-14-22)24-26(29)35-27(30-24)21-7-3-1-4-8-21/h1,3-4,7-16,32H,2,5-6,17-18,29H2,(H2,28,31). The summed E-state index contributed by atoms with van der Waals surface area (Å²) in [6.07, 6.45) is 2.86. The molecule has 3 aromatic carbocycles. The van der Waals surface area contributed by atoms with Crippen molar-refractivity contribution in [1.29, 1.82) is 0 Å². The van der Waals surface area contributed by atoms with E-state index < -0.39 is 0 Å². The van der Waals surface area contributed by atoms with Gasteiger partial charge in [-0.1, -0.05) is 46.8 Å². The Morgan fingerprint density at radius 3 is 2.00 bits per heavy atom. The minimum Gasteiger partial charge on any atom is -0.494 e. The molecule has 0 aliphatic rings. The molecule has 0 spiro atoms. The maximum absolute atomic E-state index is 8.70. The molecule has 8 heteroatoms. The highest BCUT2D eigenvalue weighted by molar-refractivity contribution is 7.19. The van der Waals surface area contributed by atoms with Gasteiger partial charge in [-0.05, 0) is 67.8 Å². The summed E-state index contributed by atoms with van der Waals surface area (Å²) in [6.45, 7) is 1.27. The summed E-state index contributed by atoms with van der Waals surface area (Å²) in [7, 11) is 0. The second-order valence-corrected chi connectivity index (χ2v) is 8.92. The van der Waals surface area contributed by atoms with E-state index in [1.807, 2.05) is 66.7 Å². The number of unbranched alkanes of at least 4 members (excludes halogenated alkanes) is 2. The molecule has 0 unspecified atom stereocenters. The molecule has 5 N–H and O–H groups in total. The summed E-state index contributed by atoms with van der Waals surface area (Å²) < 4.78 is 11.6. The number of hydrogen-bond acceptors (Lipinski definition) is 7. The number of nitrogens with zero attached hydrogens (tertiary/aromatic N) is 2. The van der Waals surface area contributed by atoms with E-state index in [0.29, 0.717) is 23.8 Å². The third-order valence-electron chi connectivity index (χ3n) is 5.39. The van der Waals surface area contributed by atoms with Crippen LogP contribution in [-0.2, 0) is 0 Å². The van der Waals surface area contributed by atoms with Crippen LogP contribution in [0.3, 0.4) is 0 Å². The monoisotopic (exact) mass is 488 g/mol. The highest BCUT2D eigenvalue weighted by Gasteiger charge is 2.12. The Morgan fingerprint density at radius 1 is 0.800 bits per heavy atom. The number of anilines is 1. The number of amidine groups is 1. The number of benzene rings is 3. The molecule has 0 amide bonds. The van der Waals surface area contributed by atoms with E-state index in [9.17, 15) is 0 Å². The number of nitrogens with two attached hydrogens (primary N) is 2. The number of oxime groups is 1. The van der Waals surface area contributed by atoms with Gasteiger partial charge in [0.15, 0.2) is 5.84 Å². The van der Waals surface area contributed by atoms with Crippen LogP contribution in [0.25, 0.3) is 21.8 Å². The molecule has 0 atom stereocenters. The fourth-order valence-corrected chi connectivity index (χ4v) is 4.35. The number of nitrogen functional groups attached to an aromatic ring is 1. The fourth-order valence-electron chi connectivity index (χ4n) is 3.49. The summed E-state index contributed by atoms with van der Waals surface area (Å²) in [5.41, 5.74) is 15.3. The van der Waals surface area contributed by atoms with Gasteiger partial charge in [0.1, 0.15) is 27.2 Å². The Balaban J connectivity index is 1.17. The van der Waals surface area contributed by atoms with Crippen LogP contribution in [0.2, 0.25) is 0 Å². The first-order valence-corrected chi connectivity index (χ1v) is 12.2. The number of aromatic nitrogens is 1. The highest BCUT2D eigenvalue weighted by atomic mass is 32.1. The van der Waals surface area contributed by atoms with Crippen molar-refractivity contribution in [2.45, 2.75) is 19.3 Å². The average molecular weight is 489 g/mol. The molecule has 7 nitrogen and oxygen atoms in total. The Bertz CT molecular complexity index is 1240. The lowest BCUT2D eigenvalue weighted by Crippen LogP contribution is -2.12. The Morgan fingerprint density at radius 2 is 1.40 bits per heavy atom. The van der Waals surface area contributed by atoms with Crippen LogP contribution in [0.15, 0.2) is 84.0 Å². The van der Waals surface area contributed by atoms with Gasteiger partial charge in [-0.2, -0.15) is 0 Å². The molecule has 1 aromatic heterocycles. The fraction of sp³-hybridized carbons (Fsp3) is 0.185. The maximum Gasteiger partial charge on any atom is 0.170 e. The molecule has 0 aliphatic heterocycles. The lowest BCUT2D eigenvalue weighted by atomic mass is 10.1. The van der Waals surface area contributed by atoms with Crippen molar-refractivity contribution in [3.05, 3.63) is 84.4 Å². The van der Waals surface area contributed by atoms with Gasteiger partial charge in [0.25, 0.3) is 0 Å². The van der Waals surface area contributed by atoms with E-state index in [1.54, 1.807) is 12.1 Å². The zero-order valence-corrected chi connectivity index (χ0v) is 20.1. The molecule has 0 aliphatic carbocycles. The molecule has 0 saturated carbocycles. The Kier molecular flexibility index (Phi) is 8.19. The van der Waals surface area contributed by atoms with Crippen LogP contribution in [0.5, 0.6) is 11.5 Å². The number of thiazole rings is 1. The van der Waals surface area contributed by atoms with Gasteiger partial charge in [-0.25, -0.2) is 4.98 Å². The molecule has 0 bridgehead atoms. The van der Waals surface area contributed by atoms with Crippen molar-refractivity contribution in [3.8, 4) is 33.3 Å². The lowest BCUT2D eigenvalue weighted by molar-refractivity contribution is 0.279. The van der Waals surface area contributed by atoms with Gasteiger partial charge in [0.05, 0.1) is 13.2 Å². The van der Waals surface area contributed by atoms with Crippen molar-refractivity contribution in [2.75, 3.05) is 18.9 Å². The molecule has 1 heterocycles. The quantitative estimate of drug-likeness (QED) is 0.0810. The molecular formula is C27H28N4O3S. The van der Waals surface area contributed by atoms with Crippen molar-refractivity contribution < 1.29 is 14.7 Å². The van der Waals surface area contributed by atoms with E-state index in [4.69, 9.17) is 31.1 Å². The third-order valence-corrected chi connectivity index (χ3v) is 6.32. The lowest BCUT2D eigenvalue weighted by Gasteiger charge is -2.08. The Hall–Kier alpha value is -4.04. The zero-order valence-electron chi connectivity index (χ0n) is 19.3. The van der Waals surface area contributed by atoms with E-state index in [1.165, 1.54) is 11.3 Å². The largest absolute Gasteiger partial charge is 0.494 e. The van der Waals surface area contributed by atoms with Gasteiger partial charge in [0, 0.05) is 16.7 Å². The van der Waals surface area contributed by atoms with Gasteiger partial charge in [0.2, 0.25) is 0 Å². The van der Waals surface area contributed by atoms with Crippen molar-refractivity contribution >= 4 is 22.2 Å².